The van der Waals surface area contributed by atoms with Crippen LogP contribution in [-0.2, 0) is 14.3 Å². The van der Waals surface area contributed by atoms with Gasteiger partial charge in [-0.25, -0.2) is 9.18 Å². The molecule has 1 aromatic heterocycles. The lowest BCUT2D eigenvalue weighted by Gasteiger charge is -2.18. The lowest BCUT2D eigenvalue weighted by molar-refractivity contribution is -0.150. The summed E-state index contributed by atoms with van der Waals surface area (Å²) in [5, 5.41) is 4.82. The molecule has 7 heteroatoms. The van der Waals surface area contributed by atoms with Crippen LogP contribution in [0.25, 0.3) is 0 Å². The Labute approximate surface area is 165 Å². The van der Waals surface area contributed by atoms with Crippen molar-refractivity contribution in [3.63, 3.8) is 0 Å². The SMILES string of the molecule is O=C(COC(=O)COc1ccc(F)cc1)N[C@H](c1ccccc1)c1cccs1. The van der Waals surface area contributed by atoms with Crippen LogP contribution in [0.5, 0.6) is 5.75 Å². The summed E-state index contributed by atoms with van der Waals surface area (Å²) in [6.07, 6.45) is 0. The molecule has 1 atom stereocenters. The van der Waals surface area contributed by atoms with Gasteiger partial charge >= 0.3 is 5.97 Å². The molecular weight excluding hydrogens is 381 g/mol. The first-order chi connectivity index (χ1) is 13.6. The normalized spacial score (nSPS) is 11.5. The molecule has 0 bridgehead atoms. The summed E-state index contributed by atoms with van der Waals surface area (Å²) in [4.78, 5) is 25.0. The maximum atomic E-state index is 12.8. The molecule has 0 unspecified atom stereocenters. The van der Waals surface area contributed by atoms with E-state index in [0.717, 1.165) is 10.4 Å². The van der Waals surface area contributed by atoms with Crippen molar-refractivity contribution in [2.45, 2.75) is 6.04 Å². The van der Waals surface area contributed by atoms with Gasteiger partial charge in [-0.15, -0.1) is 11.3 Å². The average molecular weight is 399 g/mol. The molecule has 5 nitrogen and oxygen atoms in total. The Bertz CT molecular complexity index is 898. The molecule has 3 rings (SSSR count). The summed E-state index contributed by atoms with van der Waals surface area (Å²) in [6.45, 7) is -0.785. The van der Waals surface area contributed by atoms with Crippen LogP contribution in [-0.4, -0.2) is 25.1 Å². The Morgan fingerprint density at radius 2 is 1.71 bits per heavy atom. The number of thiophene rings is 1. The van der Waals surface area contributed by atoms with Gasteiger partial charge in [-0.1, -0.05) is 36.4 Å². The maximum Gasteiger partial charge on any atom is 0.344 e. The monoisotopic (exact) mass is 399 g/mol. The first kappa shape index (κ1) is 19.6. The van der Waals surface area contributed by atoms with Crippen molar-refractivity contribution in [2.75, 3.05) is 13.2 Å². The second-order valence-corrected chi connectivity index (χ2v) is 6.81. The third-order valence-corrected chi connectivity index (χ3v) is 4.74. The number of carbonyl (C=O) groups is 2. The van der Waals surface area contributed by atoms with Gasteiger partial charge in [0, 0.05) is 4.88 Å². The molecule has 0 aliphatic heterocycles. The fraction of sp³-hybridized carbons (Fsp3) is 0.143. The molecule has 3 aromatic rings. The summed E-state index contributed by atoms with van der Waals surface area (Å²) in [7, 11) is 0. The van der Waals surface area contributed by atoms with Crippen molar-refractivity contribution in [2.24, 2.45) is 0 Å². The number of ether oxygens (including phenoxy) is 2. The molecule has 0 aliphatic rings. The highest BCUT2D eigenvalue weighted by molar-refractivity contribution is 7.10. The summed E-state index contributed by atoms with van der Waals surface area (Å²) in [5.41, 5.74) is 0.935. The number of hydrogen-bond acceptors (Lipinski definition) is 5. The van der Waals surface area contributed by atoms with Gasteiger partial charge in [0.25, 0.3) is 5.91 Å². The van der Waals surface area contributed by atoms with E-state index >= 15 is 0 Å². The predicted molar refractivity (Wildman–Crippen MR) is 104 cm³/mol. The lowest BCUT2D eigenvalue weighted by atomic mass is 10.1. The second kappa shape index (κ2) is 9.66. The summed E-state index contributed by atoms with van der Waals surface area (Å²) in [5.74, 6) is -1.17. The standard InChI is InChI=1S/C21H18FNO4S/c22-16-8-10-17(11-9-16)26-14-20(25)27-13-19(24)23-21(18-7-4-12-28-18)15-5-2-1-3-6-15/h1-12,21H,13-14H2,(H,23,24)/t21-/m1/s1. The van der Waals surface area contributed by atoms with E-state index in [9.17, 15) is 14.0 Å². The van der Waals surface area contributed by atoms with Gasteiger partial charge < -0.3 is 14.8 Å². The largest absolute Gasteiger partial charge is 0.482 e. The number of carbonyl (C=O) groups excluding carboxylic acids is 2. The Morgan fingerprint density at radius 3 is 2.39 bits per heavy atom. The van der Waals surface area contributed by atoms with Gasteiger partial charge in [0.1, 0.15) is 11.6 Å². The second-order valence-electron chi connectivity index (χ2n) is 5.83. The van der Waals surface area contributed by atoms with Crippen LogP contribution in [0.2, 0.25) is 0 Å². The molecular formula is C21H18FNO4S. The minimum Gasteiger partial charge on any atom is -0.482 e. The van der Waals surface area contributed by atoms with Gasteiger partial charge in [0.15, 0.2) is 13.2 Å². The van der Waals surface area contributed by atoms with Crippen LogP contribution in [0.3, 0.4) is 0 Å². The highest BCUT2D eigenvalue weighted by atomic mass is 32.1. The first-order valence-electron chi connectivity index (χ1n) is 8.53. The van der Waals surface area contributed by atoms with Gasteiger partial charge in [0.2, 0.25) is 0 Å². The van der Waals surface area contributed by atoms with Crippen molar-refractivity contribution < 1.29 is 23.5 Å². The van der Waals surface area contributed by atoms with E-state index in [4.69, 9.17) is 9.47 Å². The number of nitrogens with one attached hydrogen (secondary N) is 1. The first-order valence-corrected chi connectivity index (χ1v) is 9.41. The van der Waals surface area contributed by atoms with Crippen molar-refractivity contribution in [1.82, 2.24) is 5.32 Å². The summed E-state index contributed by atoms with van der Waals surface area (Å²) >= 11 is 1.53. The van der Waals surface area contributed by atoms with E-state index in [1.54, 1.807) is 0 Å². The number of benzene rings is 2. The summed E-state index contributed by atoms with van der Waals surface area (Å²) < 4.78 is 23.0. The molecule has 0 radical (unpaired) electrons. The van der Waals surface area contributed by atoms with E-state index in [-0.39, 0.29) is 12.6 Å². The Balaban J connectivity index is 1.50. The molecule has 0 aliphatic carbocycles. The molecule has 28 heavy (non-hydrogen) atoms. The fourth-order valence-electron chi connectivity index (χ4n) is 2.48. The highest BCUT2D eigenvalue weighted by Crippen LogP contribution is 2.25. The topological polar surface area (TPSA) is 64.6 Å². The highest BCUT2D eigenvalue weighted by Gasteiger charge is 2.18. The molecule has 0 saturated heterocycles. The van der Waals surface area contributed by atoms with Gasteiger partial charge in [-0.3, -0.25) is 4.79 Å². The van der Waals surface area contributed by atoms with E-state index in [0.29, 0.717) is 5.75 Å². The van der Waals surface area contributed by atoms with Crippen molar-refractivity contribution in [3.05, 3.63) is 88.4 Å². The zero-order chi connectivity index (χ0) is 19.8. The minimum absolute atomic E-state index is 0.317. The Hall–Kier alpha value is -3.19. The number of hydrogen-bond donors (Lipinski definition) is 1. The minimum atomic E-state index is -0.688. The van der Waals surface area contributed by atoms with Gasteiger partial charge in [0.05, 0.1) is 6.04 Å². The molecule has 0 saturated carbocycles. The molecule has 0 fully saturated rings. The third kappa shape index (κ3) is 5.65. The molecule has 0 spiro atoms. The number of halogens is 1. The van der Waals surface area contributed by atoms with Crippen LogP contribution in [0.1, 0.15) is 16.5 Å². The third-order valence-electron chi connectivity index (χ3n) is 3.80. The van der Waals surface area contributed by atoms with E-state index in [1.807, 2.05) is 47.8 Å². The Morgan fingerprint density at radius 1 is 0.964 bits per heavy atom. The van der Waals surface area contributed by atoms with E-state index < -0.39 is 24.3 Å². The number of amides is 1. The fourth-order valence-corrected chi connectivity index (χ4v) is 3.29. The molecule has 1 amide bonds. The average Bonchev–Trinajstić information content (AvgIpc) is 3.25. The van der Waals surface area contributed by atoms with Crippen molar-refractivity contribution >= 4 is 23.2 Å². The van der Waals surface area contributed by atoms with Crippen molar-refractivity contribution in [1.29, 1.82) is 0 Å². The van der Waals surface area contributed by atoms with Crippen LogP contribution >= 0.6 is 11.3 Å². The predicted octanol–water partition coefficient (Wildman–Crippen LogP) is 3.72. The summed E-state index contributed by atoms with van der Waals surface area (Å²) in [6, 6.07) is 18.3. The van der Waals surface area contributed by atoms with Gasteiger partial charge in [-0.05, 0) is 41.3 Å². The van der Waals surface area contributed by atoms with E-state index in [2.05, 4.69) is 5.32 Å². The maximum absolute atomic E-state index is 12.8. The van der Waals surface area contributed by atoms with Crippen LogP contribution < -0.4 is 10.1 Å². The smallest absolute Gasteiger partial charge is 0.344 e. The molecule has 1 heterocycles. The quantitative estimate of drug-likeness (QED) is 0.587. The van der Waals surface area contributed by atoms with Gasteiger partial charge in [-0.2, -0.15) is 0 Å². The Kier molecular flexibility index (Phi) is 6.75. The van der Waals surface area contributed by atoms with Crippen LogP contribution in [0, 0.1) is 5.82 Å². The van der Waals surface area contributed by atoms with E-state index in [1.165, 1.54) is 35.6 Å². The van der Waals surface area contributed by atoms with Crippen LogP contribution in [0.15, 0.2) is 72.1 Å². The zero-order valence-electron chi connectivity index (χ0n) is 14.8. The van der Waals surface area contributed by atoms with Crippen LogP contribution in [0.4, 0.5) is 4.39 Å². The number of rotatable bonds is 8. The number of esters is 1. The molecule has 1 N–H and O–H groups in total. The molecule has 2 aromatic carbocycles. The molecule has 144 valence electrons. The lowest BCUT2D eigenvalue weighted by Crippen LogP contribution is -2.33. The zero-order valence-corrected chi connectivity index (χ0v) is 15.7. The van der Waals surface area contributed by atoms with Crippen molar-refractivity contribution in [3.8, 4) is 5.75 Å².